The van der Waals surface area contributed by atoms with Gasteiger partial charge >= 0.3 is 5.97 Å². The minimum Gasteiger partial charge on any atom is -0.459 e. The number of aryl methyl sites for hydroxylation is 1. The van der Waals surface area contributed by atoms with Crippen LogP contribution >= 0.6 is 0 Å². The molecule has 5 aromatic rings. The molecule has 12 heteroatoms. The highest BCUT2D eigenvalue weighted by molar-refractivity contribution is 7.92. The molecular formula is C33H24F2N4O5S. The van der Waals surface area contributed by atoms with Crippen molar-refractivity contribution in [2.24, 2.45) is 0 Å². The first-order valence-corrected chi connectivity index (χ1v) is 15.5. The van der Waals surface area contributed by atoms with Crippen LogP contribution in [0.25, 0.3) is 33.2 Å². The van der Waals surface area contributed by atoms with Gasteiger partial charge in [0.1, 0.15) is 28.7 Å². The average molecular weight is 627 g/mol. The average Bonchev–Trinajstić information content (AvgIpc) is 3.61. The molecule has 2 atom stereocenters. The Kier molecular flexibility index (Phi) is 6.81. The lowest BCUT2D eigenvalue weighted by atomic mass is 9.97. The van der Waals surface area contributed by atoms with Gasteiger partial charge in [-0.25, -0.2) is 22.0 Å². The summed E-state index contributed by atoms with van der Waals surface area (Å²) in [4.78, 5) is 34.8. The lowest BCUT2D eigenvalue weighted by Gasteiger charge is -2.25. The monoisotopic (exact) mass is 626 g/mol. The number of hydrogen-bond donors (Lipinski definition) is 1. The van der Waals surface area contributed by atoms with Crippen LogP contribution in [0, 0.1) is 18.6 Å². The van der Waals surface area contributed by atoms with Crippen LogP contribution in [0.1, 0.15) is 22.5 Å². The van der Waals surface area contributed by atoms with Gasteiger partial charge in [-0.15, -0.1) is 0 Å². The summed E-state index contributed by atoms with van der Waals surface area (Å²) < 4.78 is 61.1. The van der Waals surface area contributed by atoms with Crippen molar-refractivity contribution in [3.05, 3.63) is 108 Å². The molecule has 0 radical (unpaired) electrons. The third-order valence-electron chi connectivity index (χ3n) is 8.11. The number of likely N-dealkylation sites (tertiary alicyclic amines) is 1. The fourth-order valence-electron chi connectivity index (χ4n) is 5.80. The second-order valence-corrected chi connectivity index (χ2v) is 12.6. The molecule has 3 aromatic carbocycles. The van der Waals surface area contributed by atoms with Crippen molar-refractivity contribution in [1.29, 1.82) is 0 Å². The minimum atomic E-state index is -4.37. The second-order valence-electron chi connectivity index (χ2n) is 11.0. The number of ether oxygens (including phenoxy) is 1. The SMILES string of the molecule is Cc1ncc(-c2ccc3nccc(-c4ccc(C(=O)N5C[C@H]6C[C@@H]5C(=O)O6)cc4)c3c2)cc1NS(=O)(=O)c1ccc(F)cc1F. The summed E-state index contributed by atoms with van der Waals surface area (Å²) in [5.74, 6) is -2.66. The first kappa shape index (κ1) is 28.5. The van der Waals surface area contributed by atoms with Crippen LogP contribution in [0.4, 0.5) is 14.5 Å². The molecule has 0 unspecified atom stereocenters. The second kappa shape index (κ2) is 10.7. The molecule has 45 heavy (non-hydrogen) atoms. The third-order valence-corrected chi connectivity index (χ3v) is 9.51. The molecule has 2 bridgehead atoms. The number of nitrogens with zero attached hydrogens (tertiary/aromatic N) is 3. The number of morpholine rings is 1. The van der Waals surface area contributed by atoms with Crippen LogP contribution in [0.5, 0.6) is 0 Å². The van der Waals surface area contributed by atoms with Gasteiger partial charge in [0.25, 0.3) is 15.9 Å². The number of rotatable bonds is 6. The highest BCUT2D eigenvalue weighted by Gasteiger charge is 2.48. The Morgan fingerprint density at radius 1 is 0.956 bits per heavy atom. The van der Waals surface area contributed by atoms with E-state index in [-0.39, 0.29) is 23.7 Å². The first-order valence-electron chi connectivity index (χ1n) is 14.0. The lowest BCUT2D eigenvalue weighted by molar-refractivity contribution is -0.149. The maximum atomic E-state index is 14.3. The van der Waals surface area contributed by atoms with Crippen LogP contribution in [-0.2, 0) is 19.6 Å². The number of pyridine rings is 2. The molecule has 9 nitrogen and oxygen atoms in total. The topological polar surface area (TPSA) is 119 Å². The Hall–Kier alpha value is -5.23. The predicted octanol–water partition coefficient (Wildman–Crippen LogP) is 5.49. The molecule has 2 fully saturated rings. The van der Waals surface area contributed by atoms with E-state index in [9.17, 15) is 26.8 Å². The van der Waals surface area contributed by atoms with Crippen LogP contribution < -0.4 is 4.72 Å². The molecule has 0 spiro atoms. The molecule has 7 rings (SSSR count). The summed E-state index contributed by atoms with van der Waals surface area (Å²) in [7, 11) is -4.37. The standard InChI is InChI=1S/C33H24F2N4O5S/c1-18-29(38-45(42,43)31-9-7-23(34)14-27(31)35)13-22(16-37-18)21-6-8-28-26(12-21)25(10-11-36-28)19-2-4-20(5-3-19)32(40)39-17-24-15-30(39)33(41)44-24/h2-14,16,24,30,38H,15,17H2,1H3/t24-,30-/m1/s1. The molecule has 2 saturated heterocycles. The molecule has 2 aromatic heterocycles. The maximum absolute atomic E-state index is 14.3. The van der Waals surface area contributed by atoms with E-state index in [0.717, 1.165) is 39.7 Å². The molecule has 1 amide bonds. The number of benzene rings is 3. The van der Waals surface area contributed by atoms with E-state index >= 15 is 0 Å². The van der Waals surface area contributed by atoms with Gasteiger partial charge in [-0.3, -0.25) is 19.5 Å². The summed E-state index contributed by atoms with van der Waals surface area (Å²) >= 11 is 0. The van der Waals surface area contributed by atoms with Crippen molar-refractivity contribution in [1.82, 2.24) is 14.9 Å². The van der Waals surface area contributed by atoms with E-state index in [0.29, 0.717) is 35.9 Å². The van der Waals surface area contributed by atoms with Crippen molar-refractivity contribution in [2.75, 3.05) is 11.3 Å². The molecule has 226 valence electrons. The Bertz CT molecular complexity index is 2140. The van der Waals surface area contributed by atoms with E-state index < -0.39 is 32.6 Å². The van der Waals surface area contributed by atoms with Crippen molar-refractivity contribution in [3.8, 4) is 22.3 Å². The van der Waals surface area contributed by atoms with Crippen molar-refractivity contribution < 1.29 is 31.5 Å². The van der Waals surface area contributed by atoms with Crippen molar-refractivity contribution in [2.45, 2.75) is 30.4 Å². The Morgan fingerprint density at radius 2 is 1.73 bits per heavy atom. The van der Waals surface area contributed by atoms with Gasteiger partial charge in [-0.1, -0.05) is 18.2 Å². The smallest absolute Gasteiger partial charge is 0.329 e. The maximum Gasteiger partial charge on any atom is 0.329 e. The summed E-state index contributed by atoms with van der Waals surface area (Å²) in [6, 6.07) is 17.9. The Morgan fingerprint density at radius 3 is 2.47 bits per heavy atom. The summed E-state index contributed by atoms with van der Waals surface area (Å²) in [5.41, 5.74) is 4.71. The van der Waals surface area contributed by atoms with Crippen LogP contribution in [0.3, 0.4) is 0 Å². The third kappa shape index (κ3) is 5.16. The number of fused-ring (bicyclic) bond motifs is 3. The quantitative estimate of drug-likeness (QED) is 0.248. The van der Waals surface area contributed by atoms with Gasteiger partial charge in [0.15, 0.2) is 0 Å². The molecule has 1 N–H and O–H groups in total. The Balaban J connectivity index is 1.19. The zero-order valence-corrected chi connectivity index (χ0v) is 24.5. The molecule has 2 aliphatic heterocycles. The molecule has 2 aliphatic rings. The molecule has 4 heterocycles. The number of esters is 1. The zero-order valence-electron chi connectivity index (χ0n) is 23.7. The minimum absolute atomic E-state index is 0.141. The number of amides is 1. The largest absolute Gasteiger partial charge is 0.459 e. The van der Waals surface area contributed by atoms with Gasteiger partial charge in [-0.05, 0) is 72.1 Å². The molecular weight excluding hydrogens is 602 g/mol. The fourth-order valence-corrected chi connectivity index (χ4v) is 6.97. The van der Waals surface area contributed by atoms with E-state index in [4.69, 9.17) is 4.74 Å². The van der Waals surface area contributed by atoms with Crippen LogP contribution in [0.2, 0.25) is 0 Å². The van der Waals surface area contributed by atoms with Crippen molar-refractivity contribution >= 4 is 38.5 Å². The van der Waals surface area contributed by atoms with Gasteiger partial charge in [0.2, 0.25) is 0 Å². The number of sulfonamides is 1. The number of hydrogen-bond acceptors (Lipinski definition) is 7. The fraction of sp³-hybridized carbons (Fsp3) is 0.152. The number of carbonyl (C=O) groups is 2. The van der Waals surface area contributed by atoms with Gasteiger partial charge < -0.3 is 9.64 Å². The van der Waals surface area contributed by atoms with Crippen molar-refractivity contribution in [3.63, 3.8) is 0 Å². The summed E-state index contributed by atoms with van der Waals surface area (Å²) in [5, 5.41) is 0.810. The van der Waals surface area contributed by atoms with Gasteiger partial charge in [0.05, 0.1) is 23.4 Å². The van der Waals surface area contributed by atoms with Crippen LogP contribution in [0.15, 0.2) is 90.1 Å². The summed E-state index contributed by atoms with van der Waals surface area (Å²) in [6.45, 7) is 2.01. The van der Waals surface area contributed by atoms with Crippen LogP contribution in [-0.4, -0.2) is 53.9 Å². The number of halogens is 2. The lowest BCUT2D eigenvalue weighted by Crippen LogP contribution is -2.44. The zero-order chi connectivity index (χ0) is 31.5. The van der Waals surface area contributed by atoms with E-state index in [1.165, 1.54) is 0 Å². The molecule has 0 saturated carbocycles. The van der Waals surface area contributed by atoms with E-state index in [1.54, 1.807) is 42.4 Å². The normalized spacial score (nSPS) is 17.5. The van der Waals surface area contributed by atoms with E-state index in [2.05, 4.69) is 14.7 Å². The predicted molar refractivity (Wildman–Crippen MR) is 162 cm³/mol. The Labute approximate surface area is 256 Å². The number of nitrogens with one attached hydrogen (secondary N) is 1. The summed E-state index contributed by atoms with van der Waals surface area (Å²) in [6.07, 6.45) is 3.59. The first-order chi connectivity index (χ1) is 21.6. The van der Waals surface area contributed by atoms with E-state index in [1.807, 2.05) is 36.4 Å². The van der Waals surface area contributed by atoms with Gasteiger partial charge in [0, 0.05) is 41.4 Å². The number of aromatic nitrogens is 2. The van der Waals surface area contributed by atoms with Gasteiger partial charge in [-0.2, -0.15) is 0 Å². The number of anilines is 1. The highest BCUT2D eigenvalue weighted by Crippen LogP contribution is 2.34. The number of carbonyl (C=O) groups excluding carboxylic acids is 2. The molecule has 0 aliphatic carbocycles. The highest BCUT2D eigenvalue weighted by atomic mass is 32.2.